The third kappa shape index (κ3) is 3.50. The van der Waals surface area contributed by atoms with Crippen LogP contribution in [0.1, 0.15) is 32.0 Å². The fraction of sp³-hybridized carbons (Fsp3) is 0.160. The molecule has 0 amide bonds. The Balaban J connectivity index is 2.02. The van der Waals surface area contributed by atoms with Crippen molar-refractivity contribution >= 4 is 22.6 Å². The molecule has 0 unspecified atom stereocenters. The van der Waals surface area contributed by atoms with Gasteiger partial charge in [0, 0.05) is 11.9 Å². The van der Waals surface area contributed by atoms with Gasteiger partial charge in [-0.1, -0.05) is 37.3 Å². The van der Waals surface area contributed by atoms with Crippen LogP contribution in [0.4, 0.5) is 5.82 Å². The van der Waals surface area contributed by atoms with E-state index in [2.05, 4.69) is 52.9 Å². The number of allylic oxidation sites excluding steroid dienone is 4. The van der Waals surface area contributed by atoms with Crippen molar-refractivity contribution in [2.45, 2.75) is 27.2 Å². The zero-order chi connectivity index (χ0) is 21.1. The molecule has 0 atom stereocenters. The molecule has 4 rings (SSSR count). The fourth-order valence-electron chi connectivity index (χ4n) is 3.54. The Morgan fingerprint density at radius 2 is 1.83 bits per heavy atom. The van der Waals surface area contributed by atoms with Crippen LogP contribution in [0.5, 0.6) is 0 Å². The molecule has 30 heavy (non-hydrogen) atoms. The number of fused-ring (bicyclic) bond motifs is 1. The lowest BCUT2D eigenvalue weighted by Crippen LogP contribution is -2.02. The zero-order valence-corrected chi connectivity index (χ0v) is 17.5. The Morgan fingerprint density at radius 3 is 2.50 bits per heavy atom. The monoisotopic (exact) mass is 395 g/mol. The summed E-state index contributed by atoms with van der Waals surface area (Å²) in [6.07, 6.45) is 8.82. The van der Waals surface area contributed by atoms with Gasteiger partial charge in [-0.3, -0.25) is 4.57 Å². The highest BCUT2D eigenvalue weighted by Crippen LogP contribution is 2.31. The van der Waals surface area contributed by atoms with Gasteiger partial charge < -0.3 is 5.73 Å². The Hall–Kier alpha value is -3.73. The number of hydrogen-bond donors (Lipinski definition) is 1. The minimum atomic E-state index is 0.447. The number of nitrogens with two attached hydrogens (primary N) is 1. The first-order valence-corrected chi connectivity index (χ1v) is 10.1. The molecule has 3 aromatic heterocycles. The highest BCUT2D eigenvalue weighted by molar-refractivity contribution is 5.85. The Morgan fingerprint density at radius 1 is 1.03 bits per heavy atom. The normalized spacial score (nSPS) is 12.2. The number of imidazole rings is 1. The summed E-state index contributed by atoms with van der Waals surface area (Å²) >= 11 is 0. The molecule has 5 heteroatoms. The van der Waals surface area contributed by atoms with Crippen molar-refractivity contribution in [3.63, 3.8) is 0 Å². The molecule has 0 spiro atoms. The lowest BCUT2D eigenvalue weighted by molar-refractivity contribution is 1.06. The first-order chi connectivity index (χ1) is 14.7. The van der Waals surface area contributed by atoms with E-state index < -0.39 is 0 Å². The van der Waals surface area contributed by atoms with Crippen molar-refractivity contribution in [2.75, 3.05) is 5.73 Å². The van der Waals surface area contributed by atoms with E-state index in [1.165, 1.54) is 5.56 Å². The van der Waals surface area contributed by atoms with Gasteiger partial charge in [0.05, 0.1) is 11.3 Å². The largest absolute Gasteiger partial charge is 0.383 e. The summed E-state index contributed by atoms with van der Waals surface area (Å²) in [6, 6.07) is 16.3. The van der Waals surface area contributed by atoms with Gasteiger partial charge >= 0.3 is 0 Å². The van der Waals surface area contributed by atoms with Crippen LogP contribution in [0.25, 0.3) is 33.8 Å². The second-order valence-corrected chi connectivity index (χ2v) is 7.01. The molecule has 0 aliphatic carbocycles. The summed E-state index contributed by atoms with van der Waals surface area (Å²) in [7, 11) is 0. The minimum Gasteiger partial charge on any atom is -0.383 e. The SMILES string of the molecule is C/C=C\C(=C/C)c1ccc2nc(-c3cccnc3N)n(-c3ccc(CC)cc3)c2n1. The van der Waals surface area contributed by atoms with Crippen LogP contribution in [0, 0.1) is 0 Å². The quantitative estimate of drug-likeness (QED) is 0.446. The lowest BCUT2D eigenvalue weighted by atomic mass is 10.1. The van der Waals surface area contributed by atoms with Crippen molar-refractivity contribution in [2.24, 2.45) is 0 Å². The van der Waals surface area contributed by atoms with Gasteiger partial charge in [-0.15, -0.1) is 0 Å². The predicted octanol–water partition coefficient (Wildman–Crippen LogP) is 5.61. The van der Waals surface area contributed by atoms with E-state index in [9.17, 15) is 0 Å². The number of anilines is 1. The van der Waals surface area contributed by atoms with Crippen LogP contribution in [0.2, 0.25) is 0 Å². The molecule has 1 aromatic carbocycles. The second-order valence-electron chi connectivity index (χ2n) is 7.01. The van der Waals surface area contributed by atoms with E-state index >= 15 is 0 Å². The van der Waals surface area contributed by atoms with Crippen LogP contribution >= 0.6 is 0 Å². The van der Waals surface area contributed by atoms with Crippen molar-refractivity contribution in [1.29, 1.82) is 0 Å². The zero-order valence-electron chi connectivity index (χ0n) is 17.5. The van der Waals surface area contributed by atoms with Crippen LogP contribution in [-0.4, -0.2) is 19.5 Å². The van der Waals surface area contributed by atoms with Crippen LogP contribution in [0.3, 0.4) is 0 Å². The van der Waals surface area contributed by atoms with E-state index in [0.29, 0.717) is 5.82 Å². The second kappa shape index (κ2) is 8.33. The topological polar surface area (TPSA) is 69.6 Å². The standard InChI is InChI=1S/C25H25N5/c1-4-8-18(6-3)21-14-15-22-25(28-21)30(19-12-10-17(5-2)11-13-19)24(29-22)20-9-7-16-27-23(20)26/h4,6-16H,5H2,1-3H3,(H2,26,27)/b8-4-,18-6+. The molecular weight excluding hydrogens is 370 g/mol. The first kappa shape index (κ1) is 19.6. The predicted molar refractivity (Wildman–Crippen MR) is 124 cm³/mol. The third-order valence-corrected chi connectivity index (χ3v) is 5.14. The maximum absolute atomic E-state index is 6.20. The first-order valence-electron chi connectivity index (χ1n) is 10.1. The van der Waals surface area contributed by atoms with E-state index in [0.717, 1.165) is 45.9 Å². The van der Waals surface area contributed by atoms with E-state index in [1.54, 1.807) is 6.20 Å². The van der Waals surface area contributed by atoms with Crippen molar-refractivity contribution in [3.8, 4) is 17.1 Å². The Bertz CT molecular complexity index is 1250. The average molecular weight is 396 g/mol. The molecule has 150 valence electrons. The van der Waals surface area contributed by atoms with Crippen molar-refractivity contribution in [3.05, 3.63) is 84.2 Å². The van der Waals surface area contributed by atoms with Gasteiger partial charge in [0.2, 0.25) is 0 Å². The highest BCUT2D eigenvalue weighted by Gasteiger charge is 2.18. The summed E-state index contributed by atoms with van der Waals surface area (Å²) in [4.78, 5) is 14.1. The van der Waals surface area contributed by atoms with Gasteiger partial charge in [0.25, 0.3) is 0 Å². The summed E-state index contributed by atoms with van der Waals surface area (Å²) in [5, 5.41) is 0. The molecule has 0 saturated carbocycles. The number of hydrogen-bond acceptors (Lipinski definition) is 4. The van der Waals surface area contributed by atoms with Crippen molar-refractivity contribution < 1.29 is 0 Å². The van der Waals surface area contributed by atoms with Gasteiger partial charge in [-0.2, -0.15) is 0 Å². The summed E-state index contributed by atoms with van der Waals surface area (Å²) in [5.74, 6) is 1.18. The molecule has 0 bridgehead atoms. The molecule has 0 aliphatic heterocycles. The number of aryl methyl sites for hydroxylation is 1. The van der Waals surface area contributed by atoms with E-state index in [4.69, 9.17) is 15.7 Å². The van der Waals surface area contributed by atoms with Crippen molar-refractivity contribution in [1.82, 2.24) is 19.5 Å². The van der Waals surface area contributed by atoms with Crippen LogP contribution in [-0.2, 0) is 6.42 Å². The number of rotatable bonds is 5. The Labute approximate surface area is 176 Å². The van der Waals surface area contributed by atoms with E-state index in [-0.39, 0.29) is 0 Å². The third-order valence-electron chi connectivity index (χ3n) is 5.14. The molecule has 0 radical (unpaired) electrons. The molecule has 3 heterocycles. The fourth-order valence-corrected chi connectivity index (χ4v) is 3.54. The maximum atomic E-state index is 6.20. The smallest absolute Gasteiger partial charge is 0.165 e. The van der Waals surface area contributed by atoms with Gasteiger partial charge in [-0.25, -0.2) is 15.0 Å². The molecule has 2 N–H and O–H groups in total. The van der Waals surface area contributed by atoms with Gasteiger partial charge in [0.1, 0.15) is 11.3 Å². The average Bonchev–Trinajstić information content (AvgIpc) is 3.16. The summed E-state index contributed by atoms with van der Waals surface area (Å²) in [6.45, 7) is 6.17. The molecule has 5 nitrogen and oxygen atoms in total. The summed E-state index contributed by atoms with van der Waals surface area (Å²) < 4.78 is 2.06. The highest BCUT2D eigenvalue weighted by atomic mass is 15.1. The number of aromatic nitrogens is 4. The molecule has 0 aliphatic rings. The number of nitrogens with zero attached hydrogens (tertiary/aromatic N) is 4. The molecule has 0 saturated heterocycles. The molecule has 4 aromatic rings. The lowest BCUT2D eigenvalue weighted by Gasteiger charge is -2.11. The van der Waals surface area contributed by atoms with E-state index in [1.807, 2.05) is 44.2 Å². The molecule has 0 fully saturated rings. The Kier molecular flexibility index (Phi) is 5.44. The van der Waals surface area contributed by atoms with Gasteiger partial charge in [-0.05, 0) is 67.8 Å². The van der Waals surface area contributed by atoms with Crippen LogP contribution < -0.4 is 5.73 Å². The number of pyridine rings is 2. The maximum Gasteiger partial charge on any atom is 0.165 e. The molecular formula is C25H25N5. The number of nitrogen functional groups attached to an aromatic ring is 1. The summed E-state index contributed by atoms with van der Waals surface area (Å²) in [5.41, 5.74) is 12.8. The van der Waals surface area contributed by atoms with Gasteiger partial charge in [0.15, 0.2) is 11.5 Å². The number of benzene rings is 1. The minimum absolute atomic E-state index is 0.447. The van der Waals surface area contributed by atoms with Crippen LogP contribution in [0.15, 0.2) is 73.0 Å².